The zero-order chi connectivity index (χ0) is 19.9. The van der Waals surface area contributed by atoms with Crippen molar-refractivity contribution in [3.8, 4) is 0 Å². The standard InChI is InChI=1S/C21H28N6OS/c1-2-26-12-6-21(18(26)28)16-27(19-23-7-3-8-24-19)15-20(21)4-10-25(11-5-20)14-17-22-9-13-29-17/h3,7-9,13H,2,4-6,10-12,14-16H2,1H3. The van der Waals surface area contributed by atoms with E-state index in [1.807, 2.05) is 17.6 Å². The molecular formula is C21H28N6OS. The predicted molar refractivity (Wildman–Crippen MR) is 113 cm³/mol. The minimum absolute atomic E-state index is 0.00653. The third-order valence-corrected chi connectivity index (χ3v) is 8.11. The van der Waals surface area contributed by atoms with Crippen LogP contribution in [-0.4, -0.2) is 69.9 Å². The minimum atomic E-state index is -0.296. The van der Waals surface area contributed by atoms with Gasteiger partial charge in [-0.2, -0.15) is 0 Å². The van der Waals surface area contributed by atoms with Crippen molar-refractivity contribution < 1.29 is 4.79 Å². The van der Waals surface area contributed by atoms with Gasteiger partial charge in [-0.15, -0.1) is 11.3 Å². The van der Waals surface area contributed by atoms with E-state index in [-0.39, 0.29) is 10.8 Å². The van der Waals surface area contributed by atoms with Gasteiger partial charge in [0.1, 0.15) is 5.01 Å². The molecule has 0 bridgehead atoms. The summed E-state index contributed by atoms with van der Waals surface area (Å²) in [4.78, 5) is 33.8. The van der Waals surface area contributed by atoms with E-state index in [0.29, 0.717) is 5.91 Å². The van der Waals surface area contributed by atoms with E-state index < -0.39 is 0 Å². The van der Waals surface area contributed by atoms with Crippen LogP contribution in [0.5, 0.6) is 0 Å². The summed E-state index contributed by atoms with van der Waals surface area (Å²) >= 11 is 1.72. The molecule has 2 aromatic heterocycles. The average Bonchev–Trinajstić information content (AvgIpc) is 3.46. The molecule has 3 fully saturated rings. The van der Waals surface area contributed by atoms with Crippen molar-refractivity contribution in [2.24, 2.45) is 10.8 Å². The summed E-state index contributed by atoms with van der Waals surface area (Å²) in [5.41, 5.74) is -0.290. The van der Waals surface area contributed by atoms with E-state index in [1.165, 1.54) is 5.01 Å². The van der Waals surface area contributed by atoms with Gasteiger partial charge in [-0.05, 0) is 45.3 Å². The van der Waals surface area contributed by atoms with Crippen LogP contribution in [0.4, 0.5) is 5.95 Å². The number of amides is 1. The number of anilines is 1. The lowest BCUT2D eigenvalue weighted by Gasteiger charge is -2.46. The van der Waals surface area contributed by atoms with Gasteiger partial charge in [0.05, 0.1) is 12.0 Å². The molecule has 8 heteroatoms. The molecule has 2 spiro atoms. The smallest absolute Gasteiger partial charge is 0.231 e. The lowest BCUT2D eigenvalue weighted by Crippen LogP contribution is -2.52. The second-order valence-electron chi connectivity index (χ2n) is 8.60. The number of hydrogen-bond donors (Lipinski definition) is 0. The van der Waals surface area contributed by atoms with E-state index in [1.54, 1.807) is 23.7 Å². The maximum absolute atomic E-state index is 13.6. The zero-order valence-corrected chi connectivity index (χ0v) is 17.8. The normalized spacial score (nSPS) is 26.9. The van der Waals surface area contributed by atoms with Crippen LogP contribution in [0.15, 0.2) is 30.0 Å². The largest absolute Gasteiger partial charge is 0.342 e. The molecule has 29 heavy (non-hydrogen) atoms. The number of thiazole rings is 1. The molecule has 1 amide bonds. The second kappa shape index (κ2) is 7.32. The van der Waals surface area contributed by atoms with Crippen molar-refractivity contribution >= 4 is 23.2 Å². The summed E-state index contributed by atoms with van der Waals surface area (Å²) < 4.78 is 0. The lowest BCUT2D eigenvalue weighted by molar-refractivity contribution is -0.142. The van der Waals surface area contributed by atoms with Crippen molar-refractivity contribution in [2.45, 2.75) is 32.7 Å². The van der Waals surface area contributed by atoms with E-state index in [9.17, 15) is 4.79 Å². The number of piperidine rings is 1. The number of likely N-dealkylation sites (tertiary alicyclic amines) is 2. The van der Waals surface area contributed by atoms with Gasteiger partial charge >= 0.3 is 0 Å². The first kappa shape index (κ1) is 18.9. The molecule has 0 aromatic carbocycles. The number of aromatic nitrogens is 3. The maximum Gasteiger partial charge on any atom is 0.231 e. The summed E-state index contributed by atoms with van der Waals surface area (Å²) in [5, 5.41) is 3.22. The third kappa shape index (κ3) is 3.04. The van der Waals surface area contributed by atoms with Gasteiger partial charge in [0.2, 0.25) is 11.9 Å². The van der Waals surface area contributed by atoms with Crippen LogP contribution < -0.4 is 4.90 Å². The van der Waals surface area contributed by atoms with E-state index in [2.05, 4.69) is 36.6 Å². The molecule has 3 saturated heterocycles. The molecule has 5 rings (SSSR count). The van der Waals surface area contributed by atoms with Crippen molar-refractivity contribution in [3.05, 3.63) is 35.0 Å². The summed E-state index contributed by atoms with van der Waals surface area (Å²) in [7, 11) is 0. The van der Waals surface area contributed by atoms with Gasteiger partial charge in [0.25, 0.3) is 0 Å². The first-order valence-electron chi connectivity index (χ1n) is 10.6. The highest BCUT2D eigenvalue weighted by Gasteiger charge is 2.65. The van der Waals surface area contributed by atoms with Gasteiger partial charge in [-0.25, -0.2) is 15.0 Å². The first-order valence-corrected chi connectivity index (χ1v) is 11.5. The predicted octanol–water partition coefficient (Wildman–Crippen LogP) is 2.27. The number of fused-ring (bicyclic) bond motifs is 1. The molecule has 7 nitrogen and oxygen atoms in total. The van der Waals surface area contributed by atoms with Crippen LogP contribution in [-0.2, 0) is 11.3 Å². The molecule has 1 unspecified atom stereocenters. The fourth-order valence-electron chi connectivity index (χ4n) is 5.74. The molecule has 3 aliphatic heterocycles. The molecule has 3 aliphatic rings. The highest BCUT2D eigenvalue weighted by Crippen LogP contribution is 2.58. The molecule has 0 aliphatic carbocycles. The van der Waals surface area contributed by atoms with Crippen molar-refractivity contribution in [1.82, 2.24) is 24.8 Å². The Balaban J connectivity index is 1.41. The lowest BCUT2D eigenvalue weighted by atomic mass is 9.60. The molecule has 0 radical (unpaired) electrons. The Morgan fingerprint density at radius 2 is 1.83 bits per heavy atom. The van der Waals surface area contributed by atoms with Crippen molar-refractivity contribution in [3.63, 3.8) is 0 Å². The highest BCUT2D eigenvalue weighted by molar-refractivity contribution is 7.09. The highest BCUT2D eigenvalue weighted by atomic mass is 32.1. The summed E-state index contributed by atoms with van der Waals surface area (Å²) in [5.74, 6) is 1.11. The monoisotopic (exact) mass is 412 g/mol. The number of carbonyl (C=O) groups excluding carboxylic acids is 1. The minimum Gasteiger partial charge on any atom is -0.342 e. The van der Waals surface area contributed by atoms with Gasteiger partial charge in [-0.3, -0.25) is 9.69 Å². The van der Waals surface area contributed by atoms with E-state index in [0.717, 1.165) is 71.0 Å². The summed E-state index contributed by atoms with van der Waals surface area (Å²) in [6.07, 6.45) is 8.52. The summed E-state index contributed by atoms with van der Waals surface area (Å²) in [6.45, 7) is 8.35. The Labute approximate surface area is 175 Å². The molecule has 0 N–H and O–H groups in total. The number of rotatable bonds is 4. The van der Waals surface area contributed by atoms with Crippen LogP contribution in [0.1, 0.15) is 31.2 Å². The van der Waals surface area contributed by atoms with Crippen LogP contribution in [0, 0.1) is 10.8 Å². The molecule has 2 aromatic rings. The molecule has 0 saturated carbocycles. The number of hydrogen-bond acceptors (Lipinski definition) is 7. The fraction of sp³-hybridized carbons (Fsp3) is 0.619. The average molecular weight is 413 g/mol. The Morgan fingerprint density at radius 1 is 1.03 bits per heavy atom. The van der Waals surface area contributed by atoms with Gasteiger partial charge in [0, 0.05) is 55.6 Å². The maximum atomic E-state index is 13.6. The van der Waals surface area contributed by atoms with Crippen LogP contribution in [0.2, 0.25) is 0 Å². The van der Waals surface area contributed by atoms with Gasteiger partial charge in [-0.1, -0.05) is 0 Å². The molecule has 154 valence electrons. The Hall–Kier alpha value is -2.06. The van der Waals surface area contributed by atoms with Gasteiger partial charge in [0.15, 0.2) is 0 Å². The fourth-order valence-corrected chi connectivity index (χ4v) is 6.40. The molecule has 5 heterocycles. The van der Waals surface area contributed by atoms with E-state index in [4.69, 9.17) is 0 Å². The number of nitrogens with zero attached hydrogens (tertiary/aromatic N) is 6. The molecular weight excluding hydrogens is 384 g/mol. The Bertz CT molecular complexity index is 851. The summed E-state index contributed by atoms with van der Waals surface area (Å²) in [6, 6.07) is 1.85. The van der Waals surface area contributed by atoms with Crippen molar-refractivity contribution in [2.75, 3.05) is 44.2 Å². The van der Waals surface area contributed by atoms with Crippen molar-refractivity contribution in [1.29, 1.82) is 0 Å². The van der Waals surface area contributed by atoms with Crippen LogP contribution in [0.25, 0.3) is 0 Å². The molecule has 1 atom stereocenters. The topological polar surface area (TPSA) is 65.5 Å². The van der Waals surface area contributed by atoms with E-state index >= 15 is 0 Å². The Morgan fingerprint density at radius 3 is 2.48 bits per heavy atom. The van der Waals surface area contributed by atoms with Crippen LogP contribution >= 0.6 is 11.3 Å². The SMILES string of the molecule is CCN1CCC2(CN(c3ncccn3)CC23CCN(Cc2nccs2)CC3)C1=O. The van der Waals surface area contributed by atoms with Gasteiger partial charge < -0.3 is 9.80 Å². The quantitative estimate of drug-likeness (QED) is 0.768. The second-order valence-corrected chi connectivity index (χ2v) is 9.58. The van der Waals surface area contributed by atoms with Crippen LogP contribution in [0.3, 0.4) is 0 Å². The third-order valence-electron chi connectivity index (χ3n) is 7.35. The number of carbonyl (C=O) groups is 1. The first-order chi connectivity index (χ1) is 14.2. The zero-order valence-electron chi connectivity index (χ0n) is 17.0. The Kier molecular flexibility index (Phi) is 4.78.